The molecule has 0 fully saturated rings. The quantitative estimate of drug-likeness (QED) is 0.713. The van der Waals surface area contributed by atoms with Crippen LogP contribution in [0.4, 0.5) is 0 Å². The number of hydrogen-bond donors (Lipinski definition) is 0. The SMILES string of the molecule is C=Cc1nc(C)cn1/C=C\CC.CC. The highest BCUT2D eigenvalue weighted by Crippen LogP contribution is 2.04. The van der Waals surface area contributed by atoms with Gasteiger partial charge in [-0.1, -0.05) is 33.4 Å². The van der Waals surface area contributed by atoms with E-state index in [0.717, 1.165) is 17.9 Å². The minimum atomic E-state index is 0.900. The first-order valence-electron chi connectivity index (χ1n) is 5.12. The van der Waals surface area contributed by atoms with E-state index in [2.05, 4.69) is 24.6 Å². The van der Waals surface area contributed by atoms with Crippen LogP contribution >= 0.6 is 0 Å². The van der Waals surface area contributed by atoms with E-state index >= 15 is 0 Å². The zero-order chi connectivity index (χ0) is 11.0. The van der Waals surface area contributed by atoms with Gasteiger partial charge in [0.1, 0.15) is 5.82 Å². The van der Waals surface area contributed by atoms with Crippen LogP contribution in [0.1, 0.15) is 38.7 Å². The number of aryl methyl sites for hydroxylation is 1. The molecule has 0 spiro atoms. The summed E-state index contributed by atoms with van der Waals surface area (Å²) in [6, 6.07) is 0. The van der Waals surface area contributed by atoms with Crippen LogP contribution in [0, 0.1) is 6.92 Å². The fourth-order valence-electron chi connectivity index (χ4n) is 1.02. The van der Waals surface area contributed by atoms with Crippen molar-refractivity contribution >= 4 is 12.3 Å². The maximum Gasteiger partial charge on any atom is 0.136 e. The predicted octanol–water partition coefficient (Wildman–Crippen LogP) is 3.74. The molecule has 0 aliphatic rings. The molecule has 14 heavy (non-hydrogen) atoms. The van der Waals surface area contributed by atoms with E-state index in [4.69, 9.17) is 0 Å². The Morgan fingerprint density at radius 1 is 1.50 bits per heavy atom. The zero-order valence-corrected chi connectivity index (χ0v) is 9.62. The molecule has 0 amide bonds. The highest BCUT2D eigenvalue weighted by Gasteiger charge is 1.96. The fraction of sp³-hybridized carbons (Fsp3) is 0.417. The molecule has 1 aromatic heterocycles. The van der Waals surface area contributed by atoms with Gasteiger partial charge in [0, 0.05) is 12.4 Å². The Morgan fingerprint density at radius 3 is 2.64 bits per heavy atom. The lowest BCUT2D eigenvalue weighted by molar-refractivity contribution is 1.09. The standard InChI is InChI=1S/C10H14N2.C2H6/c1-4-6-7-12-8-9(3)11-10(12)5-2;1-2/h5-8H,2,4H2,1,3H3;1-2H3/b7-6-;. The molecule has 0 N–H and O–H groups in total. The summed E-state index contributed by atoms with van der Waals surface area (Å²) < 4.78 is 1.98. The molecule has 0 unspecified atom stereocenters. The van der Waals surface area contributed by atoms with Gasteiger partial charge >= 0.3 is 0 Å². The zero-order valence-electron chi connectivity index (χ0n) is 9.62. The van der Waals surface area contributed by atoms with E-state index in [1.54, 1.807) is 6.08 Å². The Balaban J connectivity index is 0.000000791. The predicted molar refractivity (Wildman–Crippen MR) is 64.0 cm³/mol. The van der Waals surface area contributed by atoms with Crippen molar-refractivity contribution in [1.29, 1.82) is 0 Å². The lowest BCUT2D eigenvalue weighted by Crippen LogP contribution is -1.86. The first-order valence-corrected chi connectivity index (χ1v) is 5.12. The van der Waals surface area contributed by atoms with Crippen LogP contribution in [-0.2, 0) is 0 Å². The molecule has 0 aliphatic heterocycles. The summed E-state index contributed by atoms with van der Waals surface area (Å²) in [6.07, 6.45) is 8.88. The maximum absolute atomic E-state index is 4.28. The summed E-state index contributed by atoms with van der Waals surface area (Å²) in [6.45, 7) is 11.8. The van der Waals surface area contributed by atoms with Crippen molar-refractivity contribution in [1.82, 2.24) is 9.55 Å². The Bertz CT molecular complexity index is 295. The average Bonchev–Trinajstić information content (AvgIpc) is 2.59. The Labute approximate surface area is 87.0 Å². The van der Waals surface area contributed by atoms with Crippen molar-refractivity contribution in [2.75, 3.05) is 0 Å². The van der Waals surface area contributed by atoms with Gasteiger partial charge < -0.3 is 4.57 Å². The second-order valence-electron chi connectivity index (χ2n) is 2.64. The van der Waals surface area contributed by atoms with Crippen molar-refractivity contribution in [3.05, 3.63) is 30.4 Å². The number of hydrogen-bond acceptors (Lipinski definition) is 1. The van der Waals surface area contributed by atoms with Crippen LogP contribution in [0.2, 0.25) is 0 Å². The molecular formula is C12H20N2. The van der Waals surface area contributed by atoms with Gasteiger partial charge in [0.25, 0.3) is 0 Å². The van der Waals surface area contributed by atoms with Crippen molar-refractivity contribution in [3.8, 4) is 0 Å². The highest BCUT2D eigenvalue weighted by molar-refractivity contribution is 5.43. The molecule has 0 atom stereocenters. The summed E-state index contributed by atoms with van der Waals surface area (Å²) in [5, 5.41) is 0. The van der Waals surface area contributed by atoms with Crippen molar-refractivity contribution in [3.63, 3.8) is 0 Å². The Hall–Kier alpha value is -1.31. The van der Waals surface area contributed by atoms with Crippen LogP contribution in [0.15, 0.2) is 18.9 Å². The van der Waals surface area contributed by atoms with Crippen molar-refractivity contribution in [2.24, 2.45) is 0 Å². The number of aromatic nitrogens is 2. The van der Waals surface area contributed by atoms with E-state index in [0.29, 0.717) is 0 Å². The van der Waals surface area contributed by atoms with Crippen LogP contribution in [0.3, 0.4) is 0 Å². The highest BCUT2D eigenvalue weighted by atomic mass is 15.0. The van der Waals surface area contributed by atoms with Crippen LogP contribution in [-0.4, -0.2) is 9.55 Å². The minimum absolute atomic E-state index is 0.900. The topological polar surface area (TPSA) is 17.8 Å². The smallest absolute Gasteiger partial charge is 0.136 e. The molecule has 2 nitrogen and oxygen atoms in total. The first-order chi connectivity index (χ1) is 6.77. The summed E-state index contributed by atoms with van der Waals surface area (Å²) in [4.78, 5) is 4.28. The molecule has 1 heterocycles. The van der Waals surface area contributed by atoms with E-state index in [-0.39, 0.29) is 0 Å². The van der Waals surface area contributed by atoms with Gasteiger partial charge in [0.15, 0.2) is 0 Å². The van der Waals surface area contributed by atoms with E-state index in [9.17, 15) is 0 Å². The molecule has 2 heteroatoms. The number of rotatable bonds is 3. The largest absolute Gasteiger partial charge is 0.307 e. The molecule has 0 bridgehead atoms. The van der Waals surface area contributed by atoms with Crippen molar-refractivity contribution < 1.29 is 0 Å². The molecular weight excluding hydrogens is 172 g/mol. The number of nitrogens with zero attached hydrogens (tertiary/aromatic N) is 2. The van der Waals surface area contributed by atoms with Crippen LogP contribution in [0.25, 0.3) is 12.3 Å². The lowest BCUT2D eigenvalue weighted by atomic mass is 10.4. The van der Waals surface area contributed by atoms with E-state index in [1.165, 1.54) is 0 Å². The molecule has 0 saturated heterocycles. The molecule has 78 valence electrons. The van der Waals surface area contributed by atoms with Gasteiger partial charge in [-0.2, -0.15) is 0 Å². The second kappa shape index (κ2) is 7.13. The minimum Gasteiger partial charge on any atom is -0.307 e. The number of allylic oxidation sites excluding steroid dienone is 1. The van der Waals surface area contributed by atoms with Gasteiger partial charge in [-0.3, -0.25) is 0 Å². The molecule has 0 aromatic carbocycles. The number of imidazole rings is 1. The van der Waals surface area contributed by atoms with Gasteiger partial charge in [0.05, 0.1) is 5.69 Å². The summed E-state index contributed by atoms with van der Waals surface area (Å²) in [5.74, 6) is 0.900. The molecule has 0 aliphatic carbocycles. The van der Waals surface area contributed by atoms with Crippen LogP contribution in [0.5, 0.6) is 0 Å². The third kappa shape index (κ3) is 3.60. The third-order valence-corrected chi connectivity index (χ3v) is 1.57. The molecule has 0 radical (unpaired) electrons. The Morgan fingerprint density at radius 2 is 2.14 bits per heavy atom. The van der Waals surface area contributed by atoms with Crippen molar-refractivity contribution in [2.45, 2.75) is 34.1 Å². The first kappa shape index (κ1) is 12.7. The molecule has 1 aromatic rings. The summed E-state index contributed by atoms with van der Waals surface area (Å²) >= 11 is 0. The summed E-state index contributed by atoms with van der Waals surface area (Å²) in [5.41, 5.74) is 1.02. The maximum atomic E-state index is 4.28. The fourth-order valence-corrected chi connectivity index (χ4v) is 1.02. The molecule has 0 saturated carbocycles. The van der Waals surface area contributed by atoms with Gasteiger partial charge in [-0.05, 0) is 19.4 Å². The van der Waals surface area contributed by atoms with E-state index in [1.807, 2.05) is 37.7 Å². The monoisotopic (exact) mass is 192 g/mol. The summed E-state index contributed by atoms with van der Waals surface area (Å²) in [7, 11) is 0. The van der Waals surface area contributed by atoms with Gasteiger partial charge in [0.2, 0.25) is 0 Å². The van der Waals surface area contributed by atoms with Gasteiger partial charge in [-0.15, -0.1) is 0 Å². The average molecular weight is 192 g/mol. The third-order valence-electron chi connectivity index (χ3n) is 1.57. The Kier molecular flexibility index (Phi) is 6.46. The molecule has 1 rings (SSSR count). The lowest BCUT2D eigenvalue weighted by Gasteiger charge is -1.94. The normalized spacial score (nSPS) is 9.71. The second-order valence-corrected chi connectivity index (χ2v) is 2.64. The van der Waals surface area contributed by atoms with E-state index < -0.39 is 0 Å². The van der Waals surface area contributed by atoms with Crippen LogP contribution < -0.4 is 0 Å². The van der Waals surface area contributed by atoms with Gasteiger partial charge in [-0.25, -0.2) is 4.98 Å².